The van der Waals surface area contributed by atoms with Crippen LogP contribution in [0.25, 0.3) is 0 Å². The van der Waals surface area contributed by atoms with Crippen LogP contribution in [-0.2, 0) is 6.54 Å². The number of rotatable bonds is 5. The van der Waals surface area contributed by atoms with Crippen LogP contribution in [0.15, 0.2) is 42.7 Å². The lowest BCUT2D eigenvalue weighted by Crippen LogP contribution is -2.18. The Morgan fingerprint density at radius 3 is 2.70 bits per heavy atom. The van der Waals surface area contributed by atoms with Crippen molar-refractivity contribution in [2.45, 2.75) is 19.5 Å². The third-order valence-corrected chi connectivity index (χ3v) is 3.04. The molecule has 0 spiro atoms. The number of nitrogens with zero attached hydrogens (tertiary/aromatic N) is 2. The summed E-state index contributed by atoms with van der Waals surface area (Å²) < 4.78 is 13.2. The maximum Gasteiger partial charge on any atom is 0.274 e. The molecule has 0 aliphatic heterocycles. The van der Waals surface area contributed by atoms with Crippen molar-refractivity contribution in [3.05, 3.63) is 69.8 Å². The first kappa shape index (κ1) is 14.1. The first-order valence-electron chi connectivity index (χ1n) is 6.14. The van der Waals surface area contributed by atoms with Gasteiger partial charge in [0.05, 0.1) is 4.92 Å². The van der Waals surface area contributed by atoms with Gasteiger partial charge in [-0.15, -0.1) is 0 Å². The lowest BCUT2D eigenvalue weighted by atomic mass is 10.1. The number of pyridine rings is 1. The fourth-order valence-electron chi connectivity index (χ4n) is 1.91. The highest BCUT2D eigenvalue weighted by Crippen LogP contribution is 2.20. The molecule has 2 aromatic rings. The minimum Gasteiger partial charge on any atom is -0.306 e. The van der Waals surface area contributed by atoms with E-state index in [1.165, 1.54) is 12.1 Å². The number of hydrogen-bond acceptors (Lipinski definition) is 4. The lowest BCUT2D eigenvalue weighted by Gasteiger charge is -2.14. The summed E-state index contributed by atoms with van der Waals surface area (Å²) in [4.78, 5) is 14.3. The number of benzene rings is 1. The number of nitro benzene ring substituents is 1. The first-order valence-corrected chi connectivity index (χ1v) is 6.14. The van der Waals surface area contributed by atoms with Crippen LogP contribution in [0.1, 0.15) is 24.1 Å². The molecule has 20 heavy (non-hydrogen) atoms. The molecule has 0 bridgehead atoms. The van der Waals surface area contributed by atoms with Gasteiger partial charge in [0.15, 0.2) is 0 Å². The molecule has 104 valence electrons. The fourth-order valence-corrected chi connectivity index (χ4v) is 1.91. The van der Waals surface area contributed by atoms with Gasteiger partial charge < -0.3 is 5.32 Å². The Morgan fingerprint density at radius 1 is 1.35 bits per heavy atom. The number of aromatic nitrogens is 1. The number of nitrogens with one attached hydrogen (secondary N) is 1. The zero-order chi connectivity index (χ0) is 14.5. The second-order valence-electron chi connectivity index (χ2n) is 4.41. The van der Waals surface area contributed by atoms with Gasteiger partial charge in [0, 0.05) is 36.6 Å². The third-order valence-electron chi connectivity index (χ3n) is 3.04. The summed E-state index contributed by atoms with van der Waals surface area (Å²) in [6.07, 6.45) is 3.36. The van der Waals surface area contributed by atoms with Crippen molar-refractivity contribution in [2.24, 2.45) is 0 Å². The van der Waals surface area contributed by atoms with Crippen LogP contribution >= 0.6 is 0 Å². The van der Waals surface area contributed by atoms with Gasteiger partial charge in [-0.25, -0.2) is 4.39 Å². The molecule has 1 N–H and O–H groups in total. The van der Waals surface area contributed by atoms with Gasteiger partial charge in [-0.05, 0) is 36.8 Å². The molecule has 1 aromatic carbocycles. The van der Waals surface area contributed by atoms with E-state index in [9.17, 15) is 14.5 Å². The Labute approximate surface area is 115 Å². The molecule has 0 fully saturated rings. The average Bonchev–Trinajstić information content (AvgIpc) is 2.45. The molecule has 1 aromatic heterocycles. The molecule has 1 atom stereocenters. The van der Waals surface area contributed by atoms with Crippen molar-refractivity contribution in [1.82, 2.24) is 10.3 Å². The van der Waals surface area contributed by atoms with Crippen LogP contribution in [0.2, 0.25) is 0 Å². The monoisotopic (exact) mass is 275 g/mol. The smallest absolute Gasteiger partial charge is 0.274 e. The third kappa shape index (κ3) is 3.36. The number of nitro groups is 1. The highest BCUT2D eigenvalue weighted by atomic mass is 19.1. The van der Waals surface area contributed by atoms with Crippen molar-refractivity contribution in [2.75, 3.05) is 0 Å². The molecule has 0 saturated heterocycles. The quantitative estimate of drug-likeness (QED) is 0.672. The Kier molecular flexibility index (Phi) is 4.37. The summed E-state index contributed by atoms with van der Waals surface area (Å²) in [6, 6.07) is 7.16. The minimum absolute atomic E-state index is 0.0131. The second kappa shape index (κ2) is 6.21. The van der Waals surface area contributed by atoms with E-state index in [-0.39, 0.29) is 18.3 Å². The van der Waals surface area contributed by atoms with E-state index in [0.29, 0.717) is 5.56 Å². The zero-order valence-corrected chi connectivity index (χ0v) is 10.9. The van der Waals surface area contributed by atoms with E-state index in [2.05, 4.69) is 10.3 Å². The standard InChI is InChI=1S/C14H14FN3O2/c1-10(11-4-6-16-7-5-11)17-9-12-8-13(15)2-3-14(12)18(19)20/h2-8,10,17H,9H2,1H3/t10-/m0/s1. The zero-order valence-electron chi connectivity index (χ0n) is 10.9. The lowest BCUT2D eigenvalue weighted by molar-refractivity contribution is -0.385. The molecular weight excluding hydrogens is 261 g/mol. The van der Waals surface area contributed by atoms with E-state index in [1.807, 2.05) is 19.1 Å². The van der Waals surface area contributed by atoms with Crippen LogP contribution in [0.4, 0.5) is 10.1 Å². The van der Waals surface area contributed by atoms with Gasteiger partial charge in [0.1, 0.15) is 5.82 Å². The topological polar surface area (TPSA) is 68.1 Å². The van der Waals surface area contributed by atoms with E-state index in [0.717, 1.165) is 11.6 Å². The van der Waals surface area contributed by atoms with Gasteiger partial charge in [0.25, 0.3) is 5.69 Å². The Hall–Kier alpha value is -2.34. The first-order chi connectivity index (χ1) is 9.58. The van der Waals surface area contributed by atoms with Crippen LogP contribution in [0, 0.1) is 15.9 Å². The molecule has 0 amide bonds. The Bertz CT molecular complexity index is 605. The summed E-state index contributed by atoms with van der Waals surface area (Å²) in [5, 5.41) is 14.0. The molecule has 0 aliphatic rings. The molecule has 2 rings (SSSR count). The Morgan fingerprint density at radius 2 is 2.05 bits per heavy atom. The molecule has 1 heterocycles. The van der Waals surface area contributed by atoms with Crippen molar-refractivity contribution in [3.63, 3.8) is 0 Å². The van der Waals surface area contributed by atoms with Gasteiger partial charge >= 0.3 is 0 Å². The predicted octanol–water partition coefficient (Wildman–Crippen LogP) is 2.98. The summed E-state index contributed by atoms with van der Waals surface area (Å²) in [6.45, 7) is 2.15. The number of halogens is 1. The molecular formula is C14H14FN3O2. The van der Waals surface area contributed by atoms with Crippen molar-refractivity contribution >= 4 is 5.69 Å². The molecule has 5 nitrogen and oxygen atoms in total. The maximum atomic E-state index is 13.2. The van der Waals surface area contributed by atoms with Crippen LogP contribution < -0.4 is 5.32 Å². The minimum atomic E-state index is -0.506. The van der Waals surface area contributed by atoms with E-state index >= 15 is 0 Å². The highest BCUT2D eigenvalue weighted by molar-refractivity contribution is 5.40. The average molecular weight is 275 g/mol. The van der Waals surface area contributed by atoms with Gasteiger partial charge in [0.2, 0.25) is 0 Å². The fraction of sp³-hybridized carbons (Fsp3) is 0.214. The Balaban J connectivity index is 2.11. The SMILES string of the molecule is C[C@H](NCc1cc(F)ccc1[N+](=O)[O-])c1ccncc1. The predicted molar refractivity (Wildman–Crippen MR) is 72.5 cm³/mol. The van der Waals surface area contributed by atoms with Gasteiger partial charge in [-0.3, -0.25) is 15.1 Å². The molecule has 0 saturated carbocycles. The van der Waals surface area contributed by atoms with Crippen LogP contribution in [0.3, 0.4) is 0 Å². The van der Waals surface area contributed by atoms with Crippen molar-refractivity contribution in [1.29, 1.82) is 0 Å². The van der Waals surface area contributed by atoms with E-state index in [1.54, 1.807) is 12.4 Å². The number of hydrogen-bond donors (Lipinski definition) is 1. The summed E-state index contributed by atoms with van der Waals surface area (Å²) in [5.74, 6) is -0.482. The molecule has 0 aliphatic carbocycles. The molecule has 6 heteroatoms. The van der Waals surface area contributed by atoms with E-state index in [4.69, 9.17) is 0 Å². The van der Waals surface area contributed by atoms with E-state index < -0.39 is 10.7 Å². The molecule has 0 radical (unpaired) electrons. The summed E-state index contributed by atoms with van der Waals surface area (Å²) in [5.41, 5.74) is 1.26. The largest absolute Gasteiger partial charge is 0.306 e. The van der Waals surface area contributed by atoms with Gasteiger partial charge in [-0.1, -0.05) is 0 Å². The summed E-state index contributed by atoms with van der Waals surface area (Å²) in [7, 11) is 0. The normalized spacial score (nSPS) is 12.1. The van der Waals surface area contributed by atoms with Crippen LogP contribution in [0.5, 0.6) is 0 Å². The van der Waals surface area contributed by atoms with Crippen LogP contribution in [-0.4, -0.2) is 9.91 Å². The van der Waals surface area contributed by atoms with Gasteiger partial charge in [-0.2, -0.15) is 0 Å². The van der Waals surface area contributed by atoms with Crippen molar-refractivity contribution in [3.8, 4) is 0 Å². The van der Waals surface area contributed by atoms with Crippen molar-refractivity contribution < 1.29 is 9.31 Å². The highest BCUT2D eigenvalue weighted by Gasteiger charge is 2.15. The second-order valence-corrected chi connectivity index (χ2v) is 4.41. The maximum absolute atomic E-state index is 13.2. The molecule has 0 unspecified atom stereocenters. The summed E-state index contributed by atoms with van der Waals surface area (Å²) >= 11 is 0.